The Morgan fingerprint density at radius 3 is 2.50 bits per heavy atom. The molecule has 0 bridgehead atoms. The first-order valence-corrected chi connectivity index (χ1v) is 4.45. The Morgan fingerprint density at radius 2 is 2.10 bits per heavy atom. The molecule has 1 nitrogen and oxygen atoms in total. The second kappa shape index (κ2) is 1.97. The lowest BCUT2D eigenvalue weighted by Crippen LogP contribution is -2.19. The Kier molecular flexibility index (Phi) is 1.31. The molecule has 0 unspecified atom stereocenters. The van der Waals surface area contributed by atoms with E-state index in [0.29, 0.717) is 0 Å². The van der Waals surface area contributed by atoms with Gasteiger partial charge in [-0.1, -0.05) is 13.8 Å². The molecule has 1 saturated heterocycles. The SMILES string of the molecule is CC(C)[C@@H]1CNCC12CC2. The van der Waals surface area contributed by atoms with Crippen LogP contribution in [0.4, 0.5) is 0 Å². The van der Waals surface area contributed by atoms with Crippen LogP contribution in [0.5, 0.6) is 0 Å². The Labute approximate surface area is 63.2 Å². The minimum Gasteiger partial charge on any atom is -0.316 e. The first-order chi connectivity index (χ1) is 4.75. The summed E-state index contributed by atoms with van der Waals surface area (Å²) in [6.07, 6.45) is 2.98. The maximum Gasteiger partial charge on any atom is 0.00112 e. The van der Waals surface area contributed by atoms with E-state index < -0.39 is 0 Å². The van der Waals surface area contributed by atoms with Crippen LogP contribution in [-0.2, 0) is 0 Å². The van der Waals surface area contributed by atoms with Crippen LogP contribution in [0.25, 0.3) is 0 Å². The van der Waals surface area contributed by atoms with E-state index in [0.717, 1.165) is 17.3 Å². The number of rotatable bonds is 1. The zero-order valence-corrected chi connectivity index (χ0v) is 6.98. The van der Waals surface area contributed by atoms with Crippen LogP contribution in [0, 0.1) is 17.3 Å². The molecule has 1 aliphatic heterocycles. The second-order valence-corrected chi connectivity index (χ2v) is 4.34. The van der Waals surface area contributed by atoms with Gasteiger partial charge in [0.15, 0.2) is 0 Å². The fraction of sp³-hybridized carbons (Fsp3) is 1.00. The first-order valence-electron chi connectivity index (χ1n) is 4.45. The molecule has 1 spiro atoms. The maximum atomic E-state index is 3.51. The monoisotopic (exact) mass is 139 g/mol. The smallest absolute Gasteiger partial charge is 0.00112 e. The predicted octanol–water partition coefficient (Wildman–Crippen LogP) is 1.64. The summed E-state index contributed by atoms with van der Waals surface area (Å²) in [5.41, 5.74) is 0.772. The highest BCUT2D eigenvalue weighted by Crippen LogP contribution is 2.55. The van der Waals surface area contributed by atoms with Gasteiger partial charge in [0.1, 0.15) is 0 Å². The van der Waals surface area contributed by atoms with Gasteiger partial charge in [-0.25, -0.2) is 0 Å². The molecule has 1 saturated carbocycles. The molecule has 2 aliphatic rings. The zero-order valence-electron chi connectivity index (χ0n) is 6.98. The van der Waals surface area contributed by atoms with Crippen molar-refractivity contribution in [1.82, 2.24) is 5.32 Å². The summed E-state index contributed by atoms with van der Waals surface area (Å²) in [7, 11) is 0. The van der Waals surface area contributed by atoms with Gasteiger partial charge >= 0.3 is 0 Å². The summed E-state index contributed by atoms with van der Waals surface area (Å²) in [4.78, 5) is 0. The molecule has 0 aromatic heterocycles. The van der Waals surface area contributed by atoms with Crippen LogP contribution < -0.4 is 5.32 Å². The van der Waals surface area contributed by atoms with Crippen molar-refractivity contribution >= 4 is 0 Å². The highest BCUT2D eigenvalue weighted by Gasteiger charge is 2.52. The Bertz CT molecular complexity index is 136. The van der Waals surface area contributed by atoms with Gasteiger partial charge < -0.3 is 5.32 Å². The van der Waals surface area contributed by atoms with E-state index in [1.165, 1.54) is 25.9 Å². The lowest BCUT2D eigenvalue weighted by molar-refractivity contribution is 0.301. The molecule has 1 atom stereocenters. The molecule has 0 radical (unpaired) electrons. The summed E-state index contributed by atoms with van der Waals surface area (Å²) in [6.45, 7) is 7.29. The van der Waals surface area contributed by atoms with Crippen molar-refractivity contribution in [3.05, 3.63) is 0 Å². The molecular formula is C9H17N. The molecular weight excluding hydrogens is 122 g/mol. The largest absolute Gasteiger partial charge is 0.316 e. The summed E-state index contributed by atoms with van der Waals surface area (Å²) in [5.74, 6) is 1.87. The molecule has 2 rings (SSSR count). The summed E-state index contributed by atoms with van der Waals surface area (Å²) < 4.78 is 0. The molecule has 1 heteroatoms. The number of hydrogen-bond acceptors (Lipinski definition) is 1. The number of nitrogens with one attached hydrogen (secondary N) is 1. The zero-order chi connectivity index (χ0) is 7.19. The second-order valence-electron chi connectivity index (χ2n) is 4.34. The summed E-state index contributed by atoms with van der Waals surface area (Å²) in [6, 6.07) is 0. The summed E-state index contributed by atoms with van der Waals surface area (Å²) >= 11 is 0. The van der Waals surface area contributed by atoms with Crippen LogP contribution in [0.2, 0.25) is 0 Å². The topological polar surface area (TPSA) is 12.0 Å². The molecule has 1 heterocycles. The van der Waals surface area contributed by atoms with Crippen molar-refractivity contribution in [3.63, 3.8) is 0 Å². The average Bonchev–Trinajstić information content (AvgIpc) is 2.42. The lowest BCUT2D eigenvalue weighted by Gasteiger charge is -2.20. The van der Waals surface area contributed by atoms with Gasteiger partial charge in [0.2, 0.25) is 0 Å². The van der Waals surface area contributed by atoms with E-state index >= 15 is 0 Å². The van der Waals surface area contributed by atoms with Gasteiger partial charge in [0.25, 0.3) is 0 Å². The molecule has 1 N–H and O–H groups in total. The van der Waals surface area contributed by atoms with E-state index in [-0.39, 0.29) is 0 Å². The Morgan fingerprint density at radius 1 is 1.40 bits per heavy atom. The minimum atomic E-state index is 0.772. The van der Waals surface area contributed by atoms with Crippen LogP contribution in [0.15, 0.2) is 0 Å². The van der Waals surface area contributed by atoms with Crippen molar-refractivity contribution in [3.8, 4) is 0 Å². The molecule has 10 heavy (non-hydrogen) atoms. The fourth-order valence-electron chi connectivity index (χ4n) is 2.48. The molecule has 1 aliphatic carbocycles. The van der Waals surface area contributed by atoms with E-state index in [9.17, 15) is 0 Å². The standard InChI is InChI=1S/C9H17N/c1-7(2)8-5-10-6-9(8)3-4-9/h7-8,10H,3-6H2,1-2H3/t8-/m0/s1. The average molecular weight is 139 g/mol. The molecule has 2 fully saturated rings. The van der Waals surface area contributed by atoms with Gasteiger partial charge in [0, 0.05) is 6.54 Å². The van der Waals surface area contributed by atoms with E-state index in [1.54, 1.807) is 0 Å². The van der Waals surface area contributed by atoms with Crippen molar-refractivity contribution < 1.29 is 0 Å². The maximum absolute atomic E-state index is 3.51. The van der Waals surface area contributed by atoms with Crippen molar-refractivity contribution in [2.45, 2.75) is 26.7 Å². The summed E-state index contributed by atoms with van der Waals surface area (Å²) in [5, 5.41) is 3.51. The number of hydrogen-bond donors (Lipinski definition) is 1. The fourth-order valence-corrected chi connectivity index (χ4v) is 2.48. The normalized spacial score (nSPS) is 35.7. The molecule has 0 aromatic carbocycles. The third-order valence-electron chi connectivity index (χ3n) is 3.32. The molecule has 58 valence electrons. The van der Waals surface area contributed by atoms with Crippen molar-refractivity contribution in [2.24, 2.45) is 17.3 Å². The van der Waals surface area contributed by atoms with Crippen LogP contribution in [-0.4, -0.2) is 13.1 Å². The van der Waals surface area contributed by atoms with Gasteiger partial charge in [-0.15, -0.1) is 0 Å². The quantitative estimate of drug-likeness (QED) is 0.582. The minimum absolute atomic E-state index is 0.772. The third-order valence-corrected chi connectivity index (χ3v) is 3.32. The van der Waals surface area contributed by atoms with Gasteiger partial charge in [-0.2, -0.15) is 0 Å². The highest BCUT2D eigenvalue weighted by molar-refractivity contribution is 5.05. The predicted molar refractivity (Wildman–Crippen MR) is 42.9 cm³/mol. The lowest BCUT2D eigenvalue weighted by atomic mass is 9.84. The van der Waals surface area contributed by atoms with E-state index in [1.807, 2.05) is 0 Å². The molecule has 0 aromatic rings. The van der Waals surface area contributed by atoms with Gasteiger partial charge in [-0.3, -0.25) is 0 Å². The van der Waals surface area contributed by atoms with Gasteiger partial charge in [0.05, 0.1) is 0 Å². The van der Waals surface area contributed by atoms with Gasteiger partial charge in [-0.05, 0) is 36.6 Å². The Hall–Kier alpha value is -0.0400. The first kappa shape index (κ1) is 6.66. The van der Waals surface area contributed by atoms with Crippen molar-refractivity contribution in [1.29, 1.82) is 0 Å². The van der Waals surface area contributed by atoms with Crippen LogP contribution in [0.1, 0.15) is 26.7 Å². The third kappa shape index (κ3) is 0.800. The highest BCUT2D eigenvalue weighted by atomic mass is 15.0. The van der Waals surface area contributed by atoms with Crippen LogP contribution >= 0.6 is 0 Å². The van der Waals surface area contributed by atoms with Crippen molar-refractivity contribution in [2.75, 3.05) is 13.1 Å². The van der Waals surface area contributed by atoms with Crippen LogP contribution in [0.3, 0.4) is 0 Å². The molecule has 0 amide bonds. The Balaban J connectivity index is 2.07. The van der Waals surface area contributed by atoms with E-state index in [4.69, 9.17) is 0 Å². The van der Waals surface area contributed by atoms with E-state index in [2.05, 4.69) is 19.2 Å².